The fourth-order valence-electron chi connectivity index (χ4n) is 2.84. The first-order chi connectivity index (χ1) is 9.30. The Labute approximate surface area is 133 Å². The van der Waals surface area contributed by atoms with Gasteiger partial charge < -0.3 is 9.72 Å². The van der Waals surface area contributed by atoms with E-state index in [2.05, 4.69) is 48.3 Å². The van der Waals surface area contributed by atoms with Crippen molar-refractivity contribution in [2.24, 2.45) is 0 Å². The number of nitrogens with zero attached hydrogens (tertiary/aromatic N) is 1. The van der Waals surface area contributed by atoms with Crippen molar-refractivity contribution in [1.29, 1.82) is 0 Å². The van der Waals surface area contributed by atoms with Gasteiger partial charge in [-0.1, -0.05) is 20.8 Å². The van der Waals surface area contributed by atoms with E-state index in [1.807, 2.05) is 6.92 Å². The zero-order valence-electron chi connectivity index (χ0n) is 12.7. The number of hydrogen-bond acceptors (Lipinski definition) is 3. The molecule has 2 rings (SSSR count). The van der Waals surface area contributed by atoms with Crippen molar-refractivity contribution in [3.63, 3.8) is 0 Å². The summed E-state index contributed by atoms with van der Waals surface area (Å²) in [6.07, 6.45) is 4.13. The molecule has 0 aliphatic heterocycles. The first kappa shape index (κ1) is 15.9. The minimum Gasteiger partial charge on any atom is -0.367 e. The lowest BCUT2D eigenvalue weighted by Gasteiger charge is -2.29. The summed E-state index contributed by atoms with van der Waals surface area (Å²) in [5.74, 6) is 0.715. The lowest BCUT2D eigenvalue weighted by Crippen LogP contribution is -2.35. The van der Waals surface area contributed by atoms with Crippen molar-refractivity contribution in [2.45, 2.75) is 64.4 Å². The first-order valence-corrected chi connectivity index (χ1v) is 8.33. The molecule has 1 heterocycles. The van der Waals surface area contributed by atoms with Crippen LogP contribution in [0.15, 0.2) is 4.79 Å². The van der Waals surface area contributed by atoms with Crippen molar-refractivity contribution in [2.75, 3.05) is 6.61 Å². The second kappa shape index (κ2) is 5.75. The highest BCUT2D eigenvalue weighted by Gasteiger charge is 2.40. The highest BCUT2D eigenvalue weighted by molar-refractivity contribution is 14.1. The molecule has 0 unspecified atom stereocenters. The normalized spacial score (nSPS) is 18.4. The molecule has 0 amide bonds. The summed E-state index contributed by atoms with van der Waals surface area (Å²) in [6.45, 7) is 8.89. The Hall–Kier alpha value is -0.430. The molecule has 0 bridgehead atoms. The monoisotopic (exact) mass is 390 g/mol. The molecule has 0 radical (unpaired) electrons. The van der Waals surface area contributed by atoms with Crippen LogP contribution < -0.4 is 5.56 Å². The average Bonchev–Trinajstić information content (AvgIpc) is 2.81. The number of nitrogens with one attached hydrogen (secondary N) is 1. The topological polar surface area (TPSA) is 55.0 Å². The Morgan fingerprint density at radius 2 is 1.95 bits per heavy atom. The molecule has 1 fully saturated rings. The molecule has 1 aliphatic carbocycles. The van der Waals surface area contributed by atoms with Crippen molar-refractivity contribution >= 4 is 22.6 Å². The van der Waals surface area contributed by atoms with Gasteiger partial charge in [0.05, 0.1) is 5.69 Å². The number of aromatic nitrogens is 2. The van der Waals surface area contributed by atoms with Crippen molar-refractivity contribution in [3.05, 3.63) is 25.4 Å². The molecule has 0 aromatic carbocycles. The number of halogens is 1. The van der Waals surface area contributed by atoms with E-state index in [0.717, 1.165) is 31.4 Å². The van der Waals surface area contributed by atoms with Gasteiger partial charge in [0.2, 0.25) is 0 Å². The van der Waals surface area contributed by atoms with Gasteiger partial charge in [0.25, 0.3) is 5.56 Å². The lowest BCUT2D eigenvalue weighted by atomic mass is 9.91. The van der Waals surface area contributed by atoms with Crippen LogP contribution in [0.2, 0.25) is 0 Å². The van der Waals surface area contributed by atoms with E-state index in [9.17, 15) is 4.79 Å². The summed E-state index contributed by atoms with van der Waals surface area (Å²) in [6, 6.07) is 0. The SMILES string of the molecule is CCOC1(c2nc(C(C)(C)C)c(I)c(=O)[nH]2)CCCC1. The van der Waals surface area contributed by atoms with Gasteiger partial charge in [-0.25, -0.2) is 4.98 Å². The van der Waals surface area contributed by atoms with Gasteiger partial charge in [-0.15, -0.1) is 0 Å². The Morgan fingerprint density at radius 3 is 2.45 bits per heavy atom. The number of aromatic amines is 1. The highest BCUT2D eigenvalue weighted by atomic mass is 127. The molecule has 0 atom stereocenters. The maximum Gasteiger partial charge on any atom is 0.264 e. The number of rotatable bonds is 3. The van der Waals surface area contributed by atoms with Crippen LogP contribution in [0.4, 0.5) is 0 Å². The Morgan fingerprint density at radius 1 is 1.35 bits per heavy atom. The third kappa shape index (κ3) is 2.93. The first-order valence-electron chi connectivity index (χ1n) is 7.25. The van der Waals surface area contributed by atoms with Crippen molar-refractivity contribution in [3.8, 4) is 0 Å². The summed E-state index contributed by atoms with van der Waals surface area (Å²) in [7, 11) is 0. The van der Waals surface area contributed by atoms with E-state index >= 15 is 0 Å². The number of ether oxygens (including phenoxy) is 1. The van der Waals surface area contributed by atoms with Gasteiger partial charge in [-0.2, -0.15) is 0 Å². The second-order valence-electron chi connectivity index (χ2n) is 6.46. The summed E-state index contributed by atoms with van der Waals surface area (Å²) in [5, 5.41) is 0. The van der Waals surface area contributed by atoms with E-state index in [4.69, 9.17) is 9.72 Å². The molecule has 1 saturated carbocycles. The second-order valence-corrected chi connectivity index (χ2v) is 7.54. The molecule has 1 N–H and O–H groups in total. The summed E-state index contributed by atoms with van der Waals surface area (Å²) in [5.41, 5.74) is 0.276. The maximum absolute atomic E-state index is 12.3. The van der Waals surface area contributed by atoms with Gasteiger partial charge in [0.1, 0.15) is 15.0 Å². The van der Waals surface area contributed by atoms with Gasteiger partial charge in [-0.3, -0.25) is 4.79 Å². The standard InChI is InChI=1S/C15H23IN2O2/c1-5-20-15(8-6-7-9-15)13-17-11(14(2,3)4)10(16)12(19)18-13/h5-9H2,1-4H3,(H,17,18,19). The minimum atomic E-state index is -0.391. The van der Waals surface area contributed by atoms with Gasteiger partial charge in [-0.05, 0) is 55.2 Å². The molecule has 1 aromatic heterocycles. The smallest absolute Gasteiger partial charge is 0.264 e. The summed E-state index contributed by atoms with van der Waals surface area (Å²) >= 11 is 2.09. The van der Waals surface area contributed by atoms with Crippen LogP contribution >= 0.6 is 22.6 Å². The zero-order valence-corrected chi connectivity index (χ0v) is 14.8. The van der Waals surface area contributed by atoms with E-state index in [1.165, 1.54) is 0 Å². The van der Waals surface area contributed by atoms with E-state index in [0.29, 0.717) is 16.0 Å². The van der Waals surface area contributed by atoms with Gasteiger partial charge in [0.15, 0.2) is 0 Å². The highest BCUT2D eigenvalue weighted by Crippen LogP contribution is 2.40. The third-order valence-electron chi connectivity index (χ3n) is 3.84. The quantitative estimate of drug-likeness (QED) is 0.805. The van der Waals surface area contributed by atoms with Crippen molar-refractivity contribution in [1.82, 2.24) is 9.97 Å². The average molecular weight is 390 g/mol. The molecular formula is C15H23IN2O2. The van der Waals surface area contributed by atoms with Crippen molar-refractivity contribution < 1.29 is 4.74 Å². The van der Waals surface area contributed by atoms with Crippen LogP contribution in [-0.2, 0) is 15.8 Å². The fraction of sp³-hybridized carbons (Fsp3) is 0.733. The largest absolute Gasteiger partial charge is 0.367 e. The van der Waals surface area contributed by atoms with E-state index < -0.39 is 5.60 Å². The van der Waals surface area contributed by atoms with E-state index in [-0.39, 0.29) is 11.0 Å². The molecule has 1 aliphatic rings. The Kier molecular flexibility index (Phi) is 4.59. The molecule has 112 valence electrons. The number of hydrogen-bond donors (Lipinski definition) is 1. The molecule has 0 saturated heterocycles. The minimum absolute atomic E-state index is 0.0495. The predicted molar refractivity (Wildman–Crippen MR) is 88.0 cm³/mol. The third-order valence-corrected chi connectivity index (χ3v) is 4.84. The van der Waals surface area contributed by atoms with Crippen LogP contribution in [0, 0.1) is 3.57 Å². The predicted octanol–water partition coefficient (Wildman–Crippen LogP) is 3.48. The van der Waals surface area contributed by atoms with Crippen LogP contribution in [0.1, 0.15) is 64.9 Å². The Balaban J connectivity index is 2.57. The van der Waals surface area contributed by atoms with Crippen LogP contribution in [0.3, 0.4) is 0 Å². The maximum atomic E-state index is 12.3. The van der Waals surface area contributed by atoms with Gasteiger partial charge >= 0.3 is 0 Å². The fourth-order valence-corrected chi connectivity index (χ4v) is 3.91. The molecular weight excluding hydrogens is 367 g/mol. The lowest BCUT2D eigenvalue weighted by molar-refractivity contribution is -0.0461. The summed E-state index contributed by atoms with van der Waals surface area (Å²) in [4.78, 5) is 20.0. The molecule has 0 spiro atoms. The van der Waals surface area contributed by atoms with E-state index in [1.54, 1.807) is 0 Å². The van der Waals surface area contributed by atoms with Crippen LogP contribution in [0.25, 0.3) is 0 Å². The van der Waals surface area contributed by atoms with Crippen LogP contribution in [-0.4, -0.2) is 16.6 Å². The van der Waals surface area contributed by atoms with Gasteiger partial charge in [0, 0.05) is 12.0 Å². The Bertz CT molecular complexity index is 540. The number of H-pyrrole nitrogens is 1. The molecule has 4 nitrogen and oxygen atoms in total. The van der Waals surface area contributed by atoms with Crippen LogP contribution in [0.5, 0.6) is 0 Å². The zero-order chi connectivity index (χ0) is 15.0. The molecule has 5 heteroatoms. The summed E-state index contributed by atoms with van der Waals surface area (Å²) < 4.78 is 6.69. The molecule has 20 heavy (non-hydrogen) atoms. The molecule has 1 aromatic rings.